The maximum atomic E-state index is 12.4. The summed E-state index contributed by atoms with van der Waals surface area (Å²) < 4.78 is 2.09. The molecule has 5 nitrogen and oxygen atoms in total. The number of nitriles is 1. The van der Waals surface area contributed by atoms with E-state index in [9.17, 15) is 10.1 Å². The van der Waals surface area contributed by atoms with Crippen LogP contribution >= 0.6 is 11.6 Å². The smallest absolute Gasteiger partial charge is 0.259 e. The van der Waals surface area contributed by atoms with Crippen molar-refractivity contribution in [2.75, 3.05) is 0 Å². The van der Waals surface area contributed by atoms with E-state index >= 15 is 0 Å². The fourth-order valence-corrected chi connectivity index (χ4v) is 3.57. The number of nitrogens with one attached hydrogen (secondary N) is 1. The van der Waals surface area contributed by atoms with Crippen molar-refractivity contribution in [3.05, 3.63) is 92.7 Å². The van der Waals surface area contributed by atoms with Gasteiger partial charge in [-0.25, -0.2) is 4.98 Å². The Morgan fingerprint density at radius 1 is 1.17 bits per heavy atom. The zero-order chi connectivity index (χ0) is 20.5. The molecule has 6 heteroatoms. The van der Waals surface area contributed by atoms with Crippen LogP contribution in [-0.2, 0) is 0 Å². The molecule has 2 aromatic heterocycles. The average molecular weight is 401 g/mol. The summed E-state index contributed by atoms with van der Waals surface area (Å²) in [6.45, 7) is 3.99. The molecule has 0 atom stereocenters. The molecule has 1 N–H and O–H groups in total. The van der Waals surface area contributed by atoms with E-state index in [0.29, 0.717) is 21.5 Å². The molecule has 2 heterocycles. The minimum Gasteiger partial charge on any atom is -0.318 e. The highest BCUT2D eigenvalue weighted by Gasteiger charge is 2.13. The monoisotopic (exact) mass is 400 g/mol. The van der Waals surface area contributed by atoms with Crippen molar-refractivity contribution >= 4 is 34.2 Å². The minimum atomic E-state index is -0.265. The molecular formula is C23H17ClN4O. The number of benzene rings is 2. The van der Waals surface area contributed by atoms with Crippen molar-refractivity contribution in [1.29, 1.82) is 5.26 Å². The molecule has 0 aliphatic heterocycles. The predicted octanol–water partition coefficient (Wildman–Crippen LogP) is 5.05. The number of rotatable bonds is 3. The van der Waals surface area contributed by atoms with Crippen LogP contribution in [0.1, 0.15) is 22.8 Å². The second kappa shape index (κ2) is 7.42. The second-order valence-electron chi connectivity index (χ2n) is 6.74. The summed E-state index contributed by atoms with van der Waals surface area (Å²) in [4.78, 5) is 19.5. The van der Waals surface area contributed by atoms with E-state index in [1.807, 2.05) is 50.2 Å². The van der Waals surface area contributed by atoms with Gasteiger partial charge in [-0.2, -0.15) is 5.26 Å². The lowest BCUT2D eigenvalue weighted by Crippen LogP contribution is -2.11. The van der Waals surface area contributed by atoms with Gasteiger partial charge in [-0.3, -0.25) is 4.79 Å². The van der Waals surface area contributed by atoms with Crippen molar-refractivity contribution in [2.24, 2.45) is 0 Å². The lowest BCUT2D eigenvalue weighted by Gasteiger charge is -2.09. The highest BCUT2D eigenvalue weighted by molar-refractivity contribution is 6.30. The van der Waals surface area contributed by atoms with Crippen LogP contribution in [0.4, 0.5) is 0 Å². The molecule has 4 aromatic rings. The van der Waals surface area contributed by atoms with Crippen LogP contribution < -0.4 is 5.56 Å². The van der Waals surface area contributed by atoms with E-state index in [4.69, 9.17) is 11.6 Å². The van der Waals surface area contributed by atoms with Crippen molar-refractivity contribution in [2.45, 2.75) is 13.8 Å². The number of aryl methyl sites for hydroxylation is 1. The average Bonchev–Trinajstić information content (AvgIpc) is 3.00. The topological polar surface area (TPSA) is 74.5 Å². The molecule has 29 heavy (non-hydrogen) atoms. The van der Waals surface area contributed by atoms with Gasteiger partial charge in [0.05, 0.1) is 16.5 Å². The standard InChI is InChI=1S/C23H17ClN4O/c1-14-11-16(15(2)28(14)19-9-7-18(24)8-10-19)12-17(13-25)22-26-21-6-4-3-5-20(21)23(29)27-22/h3-12H,1-2H3,(H,26,27,29)/b17-12+. The molecule has 0 saturated heterocycles. The van der Waals surface area contributed by atoms with Gasteiger partial charge in [0.2, 0.25) is 0 Å². The number of allylic oxidation sites excluding steroid dienone is 1. The Balaban J connectivity index is 1.83. The molecule has 0 radical (unpaired) electrons. The van der Waals surface area contributed by atoms with Crippen LogP contribution in [0.25, 0.3) is 28.2 Å². The van der Waals surface area contributed by atoms with Gasteiger partial charge in [-0.15, -0.1) is 0 Å². The largest absolute Gasteiger partial charge is 0.318 e. The number of aromatic amines is 1. The number of para-hydroxylation sites is 1. The predicted molar refractivity (Wildman–Crippen MR) is 116 cm³/mol. The highest BCUT2D eigenvalue weighted by Crippen LogP contribution is 2.25. The molecule has 0 bridgehead atoms. The Morgan fingerprint density at radius 2 is 1.90 bits per heavy atom. The van der Waals surface area contributed by atoms with Gasteiger partial charge in [0.1, 0.15) is 6.07 Å². The van der Waals surface area contributed by atoms with Gasteiger partial charge in [-0.1, -0.05) is 23.7 Å². The molecule has 0 spiro atoms. The fourth-order valence-electron chi connectivity index (χ4n) is 3.44. The first-order valence-electron chi connectivity index (χ1n) is 9.04. The fraction of sp³-hybridized carbons (Fsp3) is 0.0870. The third-order valence-corrected chi connectivity index (χ3v) is 5.10. The number of nitrogens with zero attached hydrogens (tertiary/aromatic N) is 3. The SMILES string of the molecule is Cc1cc(/C=C(\C#N)c2nc3ccccc3c(=O)[nH]2)c(C)n1-c1ccc(Cl)cc1. The Kier molecular flexibility index (Phi) is 4.79. The second-order valence-corrected chi connectivity index (χ2v) is 7.18. The molecule has 2 aromatic carbocycles. The number of aromatic nitrogens is 3. The van der Waals surface area contributed by atoms with Crippen LogP contribution in [0.15, 0.2) is 59.4 Å². The van der Waals surface area contributed by atoms with Crippen LogP contribution in [0.5, 0.6) is 0 Å². The molecule has 0 amide bonds. The maximum absolute atomic E-state index is 12.4. The molecule has 0 aliphatic carbocycles. The first kappa shape index (κ1) is 18.7. The Labute approximate surface area is 172 Å². The van der Waals surface area contributed by atoms with E-state index in [-0.39, 0.29) is 11.4 Å². The zero-order valence-corrected chi connectivity index (χ0v) is 16.7. The number of halogens is 1. The van der Waals surface area contributed by atoms with Crippen molar-refractivity contribution < 1.29 is 0 Å². The third-order valence-electron chi connectivity index (χ3n) is 4.84. The van der Waals surface area contributed by atoms with Gasteiger partial charge in [-0.05, 0) is 68.0 Å². The zero-order valence-electron chi connectivity index (χ0n) is 15.9. The van der Waals surface area contributed by atoms with Crippen molar-refractivity contribution in [3.63, 3.8) is 0 Å². The van der Waals surface area contributed by atoms with Gasteiger partial charge in [0.15, 0.2) is 5.82 Å². The Bertz CT molecular complexity index is 1350. The first-order valence-corrected chi connectivity index (χ1v) is 9.42. The summed E-state index contributed by atoms with van der Waals surface area (Å²) in [7, 11) is 0. The van der Waals surface area contributed by atoms with Crippen LogP contribution in [0.2, 0.25) is 5.02 Å². The lowest BCUT2D eigenvalue weighted by molar-refractivity contribution is 0.964. The van der Waals surface area contributed by atoms with E-state index in [1.165, 1.54) is 0 Å². The van der Waals surface area contributed by atoms with Crippen molar-refractivity contribution in [1.82, 2.24) is 14.5 Å². The number of hydrogen-bond donors (Lipinski definition) is 1. The van der Waals surface area contributed by atoms with Crippen molar-refractivity contribution in [3.8, 4) is 11.8 Å². The summed E-state index contributed by atoms with van der Waals surface area (Å²) in [6.07, 6.45) is 1.75. The van der Waals surface area contributed by atoms with Crippen LogP contribution in [-0.4, -0.2) is 14.5 Å². The summed E-state index contributed by atoms with van der Waals surface area (Å²) in [5, 5.41) is 10.9. The minimum absolute atomic E-state index is 0.257. The molecule has 0 fully saturated rings. The van der Waals surface area contributed by atoms with Crippen LogP contribution in [0, 0.1) is 25.2 Å². The van der Waals surface area contributed by atoms with Gasteiger partial charge in [0.25, 0.3) is 5.56 Å². The van der Waals surface area contributed by atoms with Gasteiger partial charge < -0.3 is 9.55 Å². The number of fused-ring (bicyclic) bond motifs is 1. The number of hydrogen-bond acceptors (Lipinski definition) is 3. The van der Waals surface area contributed by atoms with E-state index < -0.39 is 0 Å². The molecule has 0 saturated carbocycles. The van der Waals surface area contributed by atoms with E-state index in [2.05, 4.69) is 20.6 Å². The molecule has 0 aliphatic rings. The maximum Gasteiger partial charge on any atom is 0.259 e. The Hall–Kier alpha value is -3.62. The quantitative estimate of drug-likeness (QED) is 0.489. The highest BCUT2D eigenvalue weighted by atomic mass is 35.5. The normalized spacial score (nSPS) is 11.6. The number of H-pyrrole nitrogens is 1. The van der Waals surface area contributed by atoms with E-state index in [1.54, 1.807) is 24.3 Å². The van der Waals surface area contributed by atoms with Crippen LogP contribution in [0.3, 0.4) is 0 Å². The summed E-state index contributed by atoms with van der Waals surface area (Å²) in [5.41, 5.74) is 4.44. The summed E-state index contributed by atoms with van der Waals surface area (Å²) in [6, 6.07) is 18.8. The van der Waals surface area contributed by atoms with Gasteiger partial charge >= 0.3 is 0 Å². The first-order chi connectivity index (χ1) is 14.0. The molecule has 142 valence electrons. The summed E-state index contributed by atoms with van der Waals surface area (Å²) in [5.74, 6) is 0.257. The molecule has 4 rings (SSSR count). The Morgan fingerprint density at radius 3 is 2.62 bits per heavy atom. The van der Waals surface area contributed by atoms with Gasteiger partial charge in [0, 0.05) is 22.1 Å². The van der Waals surface area contributed by atoms with E-state index in [0.717, 1.165) is 22.6 Å². The lowest BCUT2D eigenvalue weighted by atomic mass is 10.1. The summed E-state index contributed by atoms with van der Waals surface area (Å²) >= 11 is 6.00. The molecular weight excluding hydrogens is 384 g/mol. The third kappa shape index (κ3) is 3.46. The molecule has 0 unspecified atom stereocenters.